The molecule has 0 aliphatic carbocycles. The largest absolute Gasteiger partial charge is 0.0952 e. The number of hydrogen-bond donors (Lipinski definition) is 0. The minimum atomic E-state index is 1.10. The first kappa shape index (κ1) is 26.8. The van der Waals surface area contributed by atoms with Crippen molar-refractivity contribution >= 4 is 5.57 Å². The van der Waals surface area contributed by atoms with E-state index >= 15 is 0 Å². The number of unbranched alkanes of at least 4 members (excludes halogenated alkanes) is 2. The fraction of sp³-hybridized carbons (Fsp3) is 0.652. The Morgan fingerprint density at radius 1 is 0.696 bits per heavy atom. The molecule has 0 aliphatic rings. The van der Waals surface area contributed by atoms with Gasteiger partial charge < -0.3 is 0 Å². The summed E-state index contributed by atoms with van der Waals surface area (Å²) in [7, 11) is 0. The van der Waals surface area contributed by atoms with E-state index < -0.39 is 0 Å². The lowest BCUT2D eigenvalue weighted by Gasteiger charge is -2.04. The van der Waals surface area contributed by atoms with Crippen molar-refractivity contribution in [1.29, 1.82) is 0 Å². The molecule has 0 amide bonds. The predicted octanol–water partition coefficient (Wildman–Crippen LogP) is 8.70. The van der Waals surface area contributed by atoms with Gasteiger partial charge in [0, 0.05) is 0 Å². The molecule has 0 heterocycles. The van der Waals surface area contributed by atoms with E-state index in [9.17, 15) is 0 Å². The standard InChI is InChI=1S/C13H18.2C4H10.C2H6/c1-4-6-11(3)13-9-7-12(5-2)8-10-13;2*1-3-4-2;1-2/h7-10H,3-6H2,1-2H3;2*3-4H2,1-2H3;1-2H3. The molecular weight excluding hydrogens is 276 g/mol. The van der Waals surface area contributed by atoms with Crippen molar-refractivity contribution in [2.45, 2.75) is 100 Å². The van der Waals surface area contributed by atoms with Gasteiger partial charge in [0.05, 0.1) is 0 Å². The van der Waals surface area contributed by atoms with E-state index in [4.69, 9.17) is 0 Å². The molecule has 0 nitrogen and oxygen atoms in total. The van der Waals surface area contributed by atoms with Crippen LogP contribution in [0.5, 0.6) is 0 Å². The molecule has 0 saturated carbocycles. The van der Waals surface area contributed by atoms with Gasteiger partial charge in [-0.2, -0.15) is 0 Å². The Morgan fingerprint density at radius 2 is 1.09 bits per heavy atom. The summed E-state index contributed by atoms with van der Waals surface area (Å²) in [5.41, 5.74) is 3.94. The van der Waals surface area contributed by atoms with Gasteiger partial charge in [0.15, 0.2) is 0 Å². The lowest BCUT2D eigenvalue weighted by molar-refractivity contribution is 0.886. The topological polar surface area (TPSA) is 0 Å². The summed E-state index contributed by atoms with van der Waals surface area (Å²) in [4.78, 5) is 0. The van der Waals surface area contributed by atoms with Gasteiger partial charge in [0.2, 0.25) is 0 Å². The van der Waals surface area contributed by atoms with E-state index in [1.54, 1.807) is 0 Å². The zero-order chi connectivity index (χ0) is 18.5. The molecule has 0 fully saturated rings. The van der Waals surface area contributed by atoms with Crippen LogP contribution >= 0.6 is 0 Å². The number of allylic oxidation sites excluding steroid dienone is 1. The smallest absolute Gasteiger partial charge is 0.0230 e. The van der Waals surface area contributed by atoms with Crippen LogP contribution in [0.2, 0.25) is 0 Å². The van der Waals surface area contributed by atoms with Crippen LogP contribution in [0.25, 0.3) is 5.57 Å². The van der Waals surface area contributed by atoms with Gasteiger partial charge in [0.1, 0.15) is 0 Å². The van der Waals surface area contributed by atoms with E-state index in [0.717, 1.165) is 12.8 Å². The zero-order valence-corrected chi connectivity index (χ0v) is 17.5. The van der Waals surface area contributed by atoms with Crippen molar-refractivity contribution in [3.8, 4) is 0 Å². The minimum Gasteiger partial charge on any atom is -0.0952 e. The minimum absolute atomic E-state index is 1.10. The molecule has 0 bridgehead atoms. The lowest BCUT2D eigenvalue weighted by Crippen LogP contribution is -1.84. The SMILES string of the molecule is C=C(CCC)c1ccc(CC)cc1.CC.CCCC.CCCC. The Morgan fingerprint density at radius 3 is 1.35 bits per heavy atom. The average molecular weight is 321 g/mol. The fourth-order valence-electron chi connectivity index (χ4n) is 1.42. The summed E-state index contributed by atoms with van der Waals surface area (Å²) in [6.07, 6.45) is 8.67. The summed E-state index contributed by atoms with van der Waals surface area (Å²) < 4.78 is 0. The van der Waals surface area contributed by atoms with E-state index in [1.807, 2.05) is 13.8 Å². The first-order valence-corrected chi connectivity index (χ1v) is 9.87. The summed E-state index contributed by atoms with van der Waals surface area (Å²) in [5, 5.41) is 0. The second-order valence-corrected chi connectivity index (χ2v) is 5.40. The second kappa shape index (κ2) is 23.2. The van der Waals surface area contributed by atoms with Gasteiger partial charge in [-0.1, -0.05) is 118 Å². The van der Waals surface area contributed by atoms with Crippen LogP contribution in [0.3, 0.4) is 0 Å². The van der Waals surface area contributed by atoms with E-state index in [-0.39, 0.29) is 0 Å². The Kier molecular flexibility index (Phi) is 27.1. The Labute approximate surface area is 148 Å². The summed E-state index contributed by atoms with van der Waals surface area (Å²) in [6.45, 7) is 21.2. The van der Waals surface area contributed by atoms with E-state index in [0.29, 0.717) is 0 Å². The van der Waals surface area contributed by atoms with Gasteiger partial charge in [-0.15, -0.1) is 0 Å². The molecule has 136 valence electrons. The average Bonchev–Trinajstić information content (AvgIpc) is 2.64. The monoisotopic (exact) mass is 320 g/mol. The summed E-state index contributed by atoms with van der Waals surface area (Å²) in [5.74, 6) is 0. The predicted molar refractivity (Wildman–Crippen MR) is 112 cm³/mol. The molecule has 1 aromatic carbocycles. The van der Waals surface area contributed by atoms with Crippen LogP contribution in [0.1, 0.15) is 105 Å². The lowest BCUT2D eigenvalue weighted by atomic mass is 10.0. The van der Waals surface area contributed by atoms with Crippen molar-refractivity contribution in [2.24, 2.45) is 0 Å². The quantitative estimate of drug-likeness (QED) is 0.491. The van der Waals surface area contributed by atoms with Crippen LogP contribution < -0.4 is 0 Å². The normalized spacial score (nSPS) is 8.52. The van der Waals surface area contributed by atoms with Crippen molar-refractivity contribution in [3.63, 3.8) is 0 Å². The van der Waals surface area contributed by atoms with Gasteiger partial charge in [-0.3, -0.25) is 0 Å². The van der Waals surface area contributed by atoms with Crippen molar-refractivity contribution < 1.29 is 0 Å². The molecule has 1 rings (SSSR count). The van der Waals surface area contributed by atoms with Crippen LogP contribution in [-0.2, 0) is 6.42 Å². The fourth-order valence-corrected chi connectivity index (χ4v) is 1.42. The van der Waals surface area contributed by atoms with Gasteiger partial charge >= 0.3 is 0 Å². The van der Waals surface area contributed by atoms with Crippen LogP contribution in [-0.4, -0.2) is 0 Å². The van der Waals surface area contributed by atoms with Crippen molar-refractivity contribution in [3.05, 3.63) is 42.0 Å². The molecule has 0 atom stereocenters. The number of benzene rings is 1. The molecule has 0 saturated heterocycles. The van der Waals surface area contributed by atoms with E-state index in [2.05, 4.69) is 72.4 Å². The molecule has 0 aromatic heterocycles. The van der Waals surface area contributed by atoms with Gasteiger partial charge in [-0.25, -0.2) is 0 Å². The Hall–Kier alpha value is -1.04. The highest BCUT2D eigenvalue weighted by Crippen LogP contribution is 2.18. The molecule has 0 aliphatic heterocycles. The third-order valence-electron chi connectivity index (χ3n) is 3.32. The highest BCUT2D eigenvalue weighted by Gasteiger charge is 1.96. The van der Waals surface area contributed by atoms with Crippen LogP contribution in [0.4, 0.5) is 0 Å². The van der Waals surface area contributed by atoms with Crippen LogP contribution in [0.15, 0.2) is 30.8 Å². The third-order valence-corrected chi connectivity index (χ3v) is 3.32. The zero-order valence-electron chi connectivity index (χ0n) is 17.5. The van der Waals surface area contributed by atoms with Crippen molar-refractivity contribution in [1.82, 2.24) is 0 Å². The summed E-state index contributed by atoms with van der Waals surface area (Å²) >= 11 is 0. The van der Waals surface area contributed by atoms with Gasteiger partial charge in [0.25, 0.3) is 0 Å². The van der Waals surface area contributed by atoms with Crippen molar-refractivity contribution in [2.75, 3.05) is 0 Å². The molecule has 23 heavy (non-hydrogen) atoms. The summed E-state index contributed by atoms with van der Waals surface area (Å²) in [6, 6.07) is 8.74. The van der Waals surface area contributed by atoms with E-state index in [1.165, 1.54) is 48.8 Å². The second-order valence-electron chi connectivity index (χ2n) is 5.40. The molecular formula is C23H44. The molecule has 0 radical (unpaired) electrons. The number of rotatable bonds is 6. The first-order valence-electron chi connectivity index (χ1n) is 9.87. The molecule has 1 aromatic rings. The Balaban J connectivity index is -0.000000333. The maximum atomic E-state index is 4.07. The number of hydrogen-bond acceptors (Lipinski definition) is 0. The highest BCUT2D eigenvalue weighted by molar-refractivity contribution is 5.63. The molecule has 0 N–H and O–H groups in total. The first-order chi connectivity index (χ1) is 11.1. The molecule has 0 unspecified atom stereocenters. The Bertz CT molecular complexity index is 310. The molecule has 0 spiro atoms. The molecule has 0 heteroatoms. The highest BCUT2D eigenvalue weighted by atomic mass is 14.0. The maximum absolute atomic E-state index is 4.07. The third kappa shape index (κ3) is 18.9. The van der Waals surface area contributed by atoms with Gasteiger partial charge in [-0.05, 0) is 29.5 Å². The maximum Gasteiger partial charge on any atom is -0.0230 e. The van der Waals surface area contributed by atoms with Crippen LogP contribution in [0, 0.1) is 0 Å². The number of aryl methyl sites for hydroxylation is 1.